The summed E-state index contributed by atoms with van der Waals surface area (Å²) in [7, 11) is 2.03. The summed E-state index contributed by atoms with van der Waals surface area (Å²) in [4.78, 5) is 18.7. The molecule has 3 fully saturated rings. The predicted octanol–water partition coefficient (Wildman–Crippen LogP) is 4.47. The van der Waals surface area contributed by atoms with Crippen molar-refractivity contribution < 1.29 is 0 Å². The van der Waals surface area contributed by atoms with Gasteiger partial charge in [0.05, 0.1) is 5.69 Å². The maximum absolute atomic E-state index is 4.95. The molecule has 2 aromatic heterocycles. The van der Waals surface area contributed by atoms with E-state index in [-0.39, 0.29) is 5.41 Å². The van der Waals surface area contributed by atoms with E-state index in [2.05, 4.69) is 43.8 Å². The van der Waals surface area contributed by atoms with Crippen LogP contribution in [0.4, 0.5) is 0 Å². The summed E-state index contributed by atoms with van der Waals surface area (Å²) >= 11 is 0. The van der Waals surface area contributed by atoms with Gasteiger partial charge >= 0.3 is 0 Å². The van der Waals surface area contributed by atoms with E-state index in [4.69, 9.17) is 4.98 Å². The zero-order valence-electron chi connectivity index (χ0n) is 16.0. The molecule has 0 aliphatic heterocycles. The van der Waals surface area contributed by atoms with Crippen LogP contribution >= 0.6 is 0 Å². The molecule has 3 aliphatic rings. The lowest BCUT2D eigenvalue weighted by Gasteiger charge is -2.45. The summed E-state index contributed by atoms with van der Waals surface area (Å²) in [6, 6.07) is 8.36. The Morgan fingerprint density at radius 3 is 2.44 bits per heavy atom. The fraction of sp³-hybridized carbons (Fsp3) is 0.455. The normalized spacial score (nSPS) is 24.3. The molecular weight excluding hydrogens is 334 g/mol. The fourth-order valence-electron chi connectivity index (χ4n) is 4.96. The second-order valence-corrected chi connectivity index (χ2v) is 8.29. The molecule has 0 saturated heterocycles. The Morgan fingerprint density at radius 1 is 1.00 bits per heavy atom. The van der Waals surface area contributed by atoms with Gasteiger partial charge in [-0.2, -0.15) is 0 Å². The first-order valence-corrected chi connectivity index (χ1v) is 9.93. The lowest BCUT2D eigenvalue weighted by atomic mass is 9.60. The Hall–Kier alpha value is -2.56. The maximum Gasteiger partial charge on any atom is 0.163 e. The summed E-state index contributed by atoms with van der Waals surface area (Å²) < 4.78 is 2.06. The minimum Gasteiger partial charge on any atom is -0.334 e. The van der Waals surface area contributed by atoms with Gasteiger partial charge in [-0.05, 0) is 57.4 Å². The van der Waals surface area contributed by atoms with Crippen molar-refractivity contribution in [3.05, 3.63) is 48.3 Å². The van der Waals surface area contributed by atoms with Gasteiger partial charge in [0.25, 0.3) is 0 Å². The molecule has 0 N–H and O–H groups in total. The first-order chi connectivity index (χ1) is 13.1. The number of aromatic nitrogens is 5. The second-order valence-electron chi connectivity index (χ2n) is 8.29. The van der Waals surface area contributed by atoms with E-state index in [1.807, 2.05) is 20.2 Å². The molecule has 3 aliphatic carbocycles. The first-order valence-electron chi connectivity index (χ1n) is 9.93. The largest absolute Gasteiger partial charge is 0.334 e. The lowest BCUT2D eigenvalue weighted by Crippen LogP contribution is -2.39. The number of hydrogen-bond acceptors (Lipinski definition) is 4. The molecule has 138 valence electrons. The van der Waals surface area contributed by atoms with Crippen LogP contribution in [0, 0.1) is 12.8 Å². The van der Waals surface area contributed by atoms with E-state index >= 15 is 0 Å². The molecular formula is C22H25N5. The number of fused-ring (bicyclic) bond motifs is 3. The Balaban J connectivity index is 1.52. The molecule has 0 spiro atoms. The molecule has 2 heterocycles. The number of imidazole rings is 1. The van der Waals surface area contributed by atoms with Gasteiger partial charge in [0.1, 0.15) is 18.0 Å². The number of hydrogen-bond donors (Lipinski definition) is 0. The van der Waals surface area contributed by atoms with Gasteiger partial charge in [0.2, 0.25) is 0 Å². The quantitative estimate of drug-likeness (QED) is 0.692. The number of rotatable bonds is 3. The highest BCUT2D eigenvalue weighted by molar-refractivity contribution is 5.66. The van der Waals surface area contributed by atoms with Crippen molar-refractivity contribution in [3.63, 3.8) is 0 Å². The van der Waals surface area contributed by atoms with Crippen LogP contribution in [0.1, 0.15) is 50.0 Å². The van der Waals surface area contributed by atoms with E-state index in [0.717, 1.165) is 40.2 Å². The number of nitrogens with zero attached hydrogens (tertiary/aromatic N) is 5. The third-order valence-corrected chi connectivity index (χ3v) is 6.52. The van der Waals surface area contributed by atoms with Crippen molar-refractivity contribution in [2.75, 3.05) is 0 Å². The molecule has 0 atom stereocenters. The van der Waals surface area contributed by atoms with Gasteiger partial charge in [-0.1, -0.05) is 18.2 Å². The highest BCUT2D eigenvalue weighted by atomic mass is 15.0. The minimum atomic E-state index is 0.181. The molecule has 3 saturated carbocycles. The average Bonchev–Trinajstić information content (AvgIpc) is 3.08. The van der Waals surface area contributed by atoms with E-state index in [0.29, 0.717) is 0 Å². The molecule has 0 amide bonds. The molecule has 5 nitrogen and oxygen atoms in total. The van der Waals surface area contributed by atoms with Crippen molar-refractivity contribution in [2.24, 2.45) is 13.0 Å². The fourth-order valence-corrected chi connectivity index (χ4v) is 4.96. The molecule has 1 aromatic carbocycles. The van der Waals surface area contributed by atoms with Crippen LogP contribution in [0.15, 0.2) is 36.8 Å². The Morgan fingerprint density at radius 2 is 1.74 bits per heavy atom. The Bertz CT molecular complexity index is 968. The van der Waals surface area contributed by atoms with Crippen molar-refractivity contribution in [1.29, 1.82) is 0 Å². The standard InChI is InChI=1S/C22H25N5/c1-15-13-27(2)20(25-15)18-5-3-4-17(12-18)19-23-14-24-21(26-19)22-9-6-16(7-10-22)8-11-22/h3-5,12-14,16H,6-11H2,1-2H3. The second kappa shape index (κ2) is 6.25. The topological polar surface area (TPSA) is 56.5 Å². The molecule has 3 aromatic rings. The van der Waals surface area contributed by atoms with Crippen LogP contribution < -0.4 is 0 Å². The Labute approximate surface area is 159 Å². The molecule has 5 heteroatoms. The van der Waals surface area contributed by atoms with Crippen molar-refractivity contribution >= 4 is 0 Å². The Kier molecular flexibility index (Phi) is 3.85. The van der Waals surface area contributed by atoms with E-state index < -0.39 is 0 Å². The average molecular weight is 359 g/mol. The molecule has 0 radical (unpaired) electrons. The molecule has 6 rings (SSSR count). The van der Waals surface area contributed by atoms with Crippen molar-refractivity contribution in [2.45, 2.75) is 50.9 Å². The minimum absolute atomic E-state index is 0.181. The predicted molar refractivity (Wildman–Crippen MR) is 105 cm³/mol. The van der Waals surface area contributed by atoms with Gasteiger partial charge in [0.15, 0.2) is 5.82 Å². The van der Waals surface area contributed by atoms with Crippen LogP contribution in [-0.2, 0) is 12.5 Å². The van der Waals surface area contributed by atoms with Crippen LogP contribution in [-0.4, -0.2) is 24.5 Å². The molecule has 27 heavy (non-hydrogen) atoms. The molecule has 0 unspecified atom stereocenters. The third-order valence-electron chi connectivity index (χ3n) is 6.52. The smallest absolute Gasteiger partial charge is 0.163 e. The summed E-state index contributed by atoms with van der Waals surface area (Å²) in [6.07, 6.45) is 11.4. The van der Waals surface area contributed by atoms with Gasteiger partial charge < -0.3 is 4.57 Å². The molecule has 2 bridgehead atoms. The number of benzene rings is 1. The van der Waals surface area contributed by atoms with E-state index in [1.54, 1.807) is 6.33 Å². The van der Waals surface area contributed by atoms with Crippen LogP contribution in [0.3, 0.4) is 0 Å². The van der Waals surface area contributed by atoms with Gasteiger partial charge in [-0.15, -0.1) is 0 Å². The summed E-state index contributed by atoms with van der Waals surface area (Å²) in [5.41, 5.74) is 3.31. The van der Waals surface area contributed by atoms with E-state index in [1.165, 1.54) is 38.5 Å². The van der Waals surface area contributed by atoms with Crippen LogP contribution in [0.25, 0.3) is 22.8 Å². The zero-order valence-corrected chi connectivity index (χ0v) is 16.0. The maximum atomic E-state index is 4.95. The van der Waals surface area contributed by atoms with Crippen LogP contribution in [0.5, 0.6) is 0 Å². The first kappa shape index (κ1) is 16.6. The van der Waals surface area contributed by atoms with Crippen molar-refractivity contribution in [3.8, 4) is 22.8 Å². The number of aryl methyl sites for hydroxylation is 2. The van der Waals surface area contributed by atoms with Crippen LogP contribution in [0.2, 0.25) is 0 Å². The highest BCUT2D eigenvalue weighted by Gasteiger charge is 2.43. The lowest BCUT2D eigenvalue weighted by molar-refractivity contribution is 0.128. The van der Waals surface area contributed by atoms with Gasteiger partial charge in [0, 0.05) is 29.8 Å². The van der Waals surface area contributed by atoms with Gasteiger partial charge in [-0.25, -0.2) is 19.9 Å². The SMILES string of the molecule is Cc1cn(C)c(-c2cccc(-c3ncnc(C45CCC(CC4)CC5)n3)c2)n1. The summed E-state index contributed by atoms with van der Waals surface area (Å²) in [5.74, 6) is 3.68. The van der Waals surface area contributed by atoms with E-state index in [9.17, 15) is 0 Å². The van der Waals surface area contributed by atoms with Crippen molar-refractivity contribution in [1.82, 2.24) is 24.5 Å². The highest BCUT2D eigenvalue weighted by Crippen LogP contribution is 2.50. The monoisotopic (exact) mass is 359 g/mol. The summed E-state index contributed by atoms with van der Waals surface area (Å²) in [6.45, 7) is 2.02. The third kappa shape index (κ3) is 2.85. The zero-order chi connectivity index (χ0) is 18.4. The summed E-state index contributed by atoms with van der Waals surface area (Å²) in [5, 5.41) is 0. The van der Waals surface area contributed by atoms with Gasteiger partial charge in [-0.3, -0.25) is 0 Å².